The van der Waals surface area contributed by atoms with Crippen LogP contribution >= 0.6 is 12.6 Å². The summed E-state index contributed by atoms with van der Waals surface area (Å²) < 4.78 is 5.30. The van der Waals surface area contributed by atoms with E-state index in [-0.39, 0.29) is 0 Å². The largest absolute Gasteiger partial charge is 0.494 e. The Labute approximate surface area is 84.5 Å². The molecule has 0 amide bonds. The number of hydrogen-bond donors (Lipinski definition) is 1. The zero-order chi connectivity index (χ0) is 9.52. The Morgan fingerprint density at radius 3 is 2.54 bits per heavy atom. The van der Waals surface area contributed by atoms with Gasteiger partial charge < -0.3 is 4.74 Å². The molecule has 1 aromatic carbocycles. The molecule has 0 spiro atoms. The van der Waals surface area contributed by atoms with E-state index >= 15 is 0 Å². The average Bonchev–Trinajstić information content (AvgIpc) is 2.17. The van der Waals surface area contributed by atoms with E-state index in [1.54, 1.807) is 0 Å². The molecule has 68 valence electrons. The number of ether oxygens (including phenoxy) is 1. The van der Waals surface area contributed by atoms with Crippen molar-refractivity contribution in [1.29, 1.82) is 0 Å². The fourth-order valence-corrected chi connectivity index (χ4v) is 1.02. The Bertz CT molecular complexity index is 305. The van der Waals surface area contributed by atoms with Gasteiger partial charge in [0.15, 0.2) is 0 Å². The summed E-state index contributed by atoms with van der Waals surface area (Å²) in [6.45, 7) is 2.66. The Hall–Kier alpha value is -1.07. The van der Waals surface area contributed by atoms with Gasteiger partial charge in [0.05, 0.1) is 12.4 Å². The summed E-state index contributed by atoms with van der Waals surface area (Å²) in [5.74, 6) is 7.35. The van der Waals surface area contributed by atoms with E-state index in [1.807, 2.05) is 31.2 Å². The fourth-order valence-electron chi connectivity index (χ4n) is 0.943. The van der Waals surface area contributed by atoms with E-state index in [1.165, 1.54) is 0 Å². The molecular formula is C11H12OS. The summed E-state index contributed by atoms with van der Waals surface area (Å²) >= 11 is 4.01. The summed E-state index contributed by atoms with van der Waals surface area (Å²) in [6, 6.07) is 7.74. The highest BCUT2D eigenvalue weighted by atomic mass is 32.1. The first-order valence-corrected chi connectivity index (χ1v) is 4.82. The van der Waals surface area contributed by atoms with E-state index in [0.717, 1.165) is 11.3 Å². The van der Waals surface area contributed by atoms with E-state index in [9.17, 15) is 0 Å². The highest BCUT2D eigenvalue weighted by Crippen LogP contribution is 2.10. The van der Waals surface area contributed by atoms with E-state index in [0.29, 0.717) is 12.4 Å². The smallest absolute Gasteiger partial charge is 0.119 e. The molecule has 0 N–H and O–H groups in total. The second-order valence-electron chi connectivity index (χ2n) is 2.42. The highest BCUT2D eigenvalue weighted by molar-refractivity contribution is 7.80. The maximum atomic E-state index is 5.30. The third-order valence-electron chi connectivity index (χ3n) is 1.48. The lowest BCUT2D eigenvalue weighted by Crippen LogP contribution is -1.90. The zero-order valence-corrected chi connectivity index (χ0v) is 8.47. The number of hydrogen-bond acceptors (Lipinski definition) is 2. The molecule has 2 heteroatoms. The molecule has 0 heterocycles. The van der Waals surface area contributed by atoms with Crippen molar-refractivity contribution >= 4 is 12.6 Å². The quantitative estimate of drug-likeness (QED) is 0.559. The molecule has 0 aliphatic heterocycles. The van der Waals surface area contributed by atoms with Gasteiger partial charge in [0.2, 0.25) is 0 Å². The molecule has 0 aliphatic carbocycles. The van der Waals surface area contributed by atoms with Crippen molar-refractivity contribution in [3.05, 3.63) is 29.8 Å². The molecule has 1 aromatic rings. The van der Waals surface area contributed by atoms with Crippen molar-refractivity contribution < 1.29 is 4.74 Å². The molecule has 0 bridgehead atoms. The monoisotopic (exact) mass is 192 g/mol. The number of rotatable bonds is 2. The van der Waals surface area contributed by atoms with Gasteiger partial charge >= 0.3 is 0 Å². The maximum Gasteiger partial charge on any atom is 0.119 e. The molecule has 1 rings (SSSR count). The van der Waals surface area contributed by atoms with Gasteiger partial charge in [-0.25, -0.2) is 0 Å². The average molecular weight is 192 g/mol. The summed E-state index contributed by atoms with van der Waals surface area (Å²) in [7, 11) is 0. The Kier molecular flexibility index (Phi) is 4.28. The fraction of sp³-hybridized carbons (Fsp3) is 0.273. The molecular weight excluding hydrogens is 180 g/mol. The summed E-state index contributed by atoms with van der Waals surface area (Å²) in [5.41, 5.74) is 0.998. The molecule has 0 radical (unpaired) electrons. The lowest BCUT2D eigenvalue weighted by molar-refractivity contribution is 0.340. The minimum Gasteiger partial charge on any atom is -0.494 e. The Morgan fingerprint density at radius 2 is 2.00 bits per heavy atom. The predicted molar refractivity (Wildman–Crippen MR) is 58.3 cm³/mol. The van der Waals surface area contributed by atoms with Gasteiger partial charge in [-0.15, -0.1) is 0 Å². The van der Waals surface area contributed by atoms with Gasteiger partial charge in [0.25, 0.3) is 0 Å². The standard InChI is InChI=1S/C11H12OS/c1-2-12-11-7-5-10(6-8-11)4-3-9-13/h5-8,13H,2,9H2,1H3. The topological polar surface area (TPSA) is 9.23 Å². The maximum absolute atomic E-state index is 5.30. The Morgan fingerprint density at radius 1 is 1.31 bits per heavy atom. The molecule has 0 unspecified atom stereocenters. The van der Waals surface area contributed by atoms with Gasteiger partial charge in [-0.2, -0.15) is 12.6 Å². The normalized spacial score (nSPS) is 8.77. The minimum absolute atomic E-state index is 0.590. The second kappa shape index (κ2) is 5.55. The van der Waals surface area contributed by atoms with E-state index < -0.39 is 0 Å². The third kappa shape index (κ3) is 3.43. The van der Waals surface area contributed by atoms with Crippen molar-refractivity contribution in [2.24, 2.45) is 0 Å². The lowest BCUT2D eigenvalue weighted by Gasteiger charge is -2.01. The summed E-state index contributed by atoms with van der Waals surface area (Å²) in [4.78, 5) is 0. The van der Waals surface area contributed by atoms with Gasteiger partial charge in [0.1, 0.15) is 5.75 Å². The van der Waals surface area contributed by atoms with Crippen LogP contribution in [0, 0.1) is 11.8 Å². The zero-order valence-electron chi connectivity index (χ0n) is 7.58. The Balaban J connectivity index is 2.69. The van der Waals surface area contributed by atoms with Crippen LogP contribution in [0.5, 0.6) is 5.75 Å². The van der Waals surface area contributed by atoms with Crippen LogP contribution in [-0.2, 0) is 0 Å². The van der Waals surface area contributed by atoms with Gasteiger partial charge in [-0.1, -0.05) is 11.8 Å². The van der Waals surface area contributed by atoms with Crippen LogP contribution in [0.25, 0.3) is 0 Å². The highest BCUT2D eigenvalue weighted by Gasteiger charge is 1.90. The molecule has 0 atom stereocenters. The molecule has 0 saturated heterocycles. The van der Waals surface area contributed by atoms with Crippen molar-refractivity contribution in [3.8, 4) is 17.6 Å². The number of thiol groups is 1. The van der Waals surface area contributed by atoms with Crippen LogP contribution in [0.1, 0.15) is 12.5 Å². The van der Waals surface area contributed by atoms with Crippen LogP contribution in [-0.4, -0.2) is 12.4 Å². The van der Waals surface area contributed by atoms with Crippen molar-refractivity contribution in [2.45, 2.75) is 6.92 Å². The second-order valence-corrected chi connectivity index (χ2v) is 2.73. The molecule has 0 aromatic heterocycles. The van der Waals surface area contributed by atoms with Gasteiger partial charge in [-0.3, -0.25) is 0 Å². The van der Waals surface area contributed by atoms with Crippen LogP contribution in [0.15, 0.2) is 24.3 Å². The van der Waals surface area contributed by atoms with Crippen molar-refractivity contribution in [2.75, 3.05) is 12.4 Å². The molecule has 13 heavy (non-hydrogen) atoms. The SMILES string of the molecule is CCOc1ccc(C#CCS)cc1. The first kappa shape index (κ1) is 10.0. The van der Waals surface area contributed by atoms with E-state index in [4.69, 9.17) is 4.74 Å². The van der Waals surface area contributed by atoms with Crippen LogP contribution in [0.2, 0.25) is 0 Å². The first-order chi connectivity index (χ1) is 6.36. The lowest BCUT2D eigenvalue weighted by atomic mass is 10.2. The molecule has 0 fully saturated rings. The number of benzene rings is 1. The summed E-state index contributed by atoms with van der Waals surface area (Å²) in [5, 5.41) is 0. The minimum atomic E-state index is 0.590. The van der Waals surface area contributed by atoms with Gasteiger partial charge in [0, 0.05) is 5.56 Å². The molecule has 0 saturated carbocycles. The van der Waals surface area contributed by atoms with Crippen LogP contribution in [0.3, 0.4) is 0 Å². The van der Waals surface area contributed by atoms with Crippen molar-refractivity contribution in [1.82, 2.24) is 0 Å². The predicted octanol–water partition coefficient (Wildman–Crippen LogP) is 2.37. The first-order valence-electron chi connectivity index (χ1n) is 4.19. The molecule has 1 nitrogen and oxygen atoms in total. The molecule has 0 aliphatic rings. The van der Waals surface area contributed by atoms with E-state index in [2.05, 4.69) is 24.5 Å². The van der Waals surface area contributed by atoms with Crippen LogP contribution < -0.4 is 4.74 Å². The van der Waals surface area contributed by atoms with Crippen LogP contribution in [0.4, 0.5) is 0 Å². The third-order valence-corrected chi connectivity index (χ3v) is 1.64. The van der Waals surface area contributed by atoms with Gasteiger partial charge in [-0.05, 0) is 31.2 Å². The van der Waals surface area contributed by atoms with Crippen molar-refractivity contribution in [3.63, 3.8) is 0 Å². The summed E-state index contributed by atoms with van der Waals surface area (Å²) in [6.07, 6.45) is 0.